The van der Waals surface area contributed by atoms with Crippen molar-refractivity contribution in [2.24, 2.45) is 0 Å². The molecular weight excluding hydrogens is 428 g/mol. The van der Waals surface area contributed by atoms with Gasteiger partial charge < -0.3 is 15.7 Å². The van der Waals surface area contributed by atoms with Crippen molar-refractivity contribution in [1.29, 1.82) is 0 Å². The summed E-state index contributed by atoms with van der Waals surface area (Å²) in [5.41, 5.74) is 2.17. The number of Topliss-reactive ketones (excluding diaryl/α,β-unsaturated/α-hetero) is 1. The molecule has 2 unspecified atom stereocenters. The van der Waals surface area contributed by atoms with Gasteiger partial charge in [0.15, 0.2) is 6.29 Å². The molecule has 0 spiro atoms. The fraction of sp³-hybridized carbons (Fsp3) is 0.407. The number of carbonyl (C=O) groups is 2. The van der Waals surface area contributed by atoms with Crippen LogP contribution in [0.15, 0.2) is 42.5 Å². The van der Waals surface area contributed by atoms with E-state index in [-0.39, 0.29) is 12.3 Å². The molecule has 2 atom stereocenters. The molecule has 7 nitrogen and oxygen atoms in total. The Morgan fingerprint density at radius 2 is 1.97 bits per heavy atom. The van der Waals surface area contributed by atoms with Crippen LogP contribution >= 0.6 is 0 Å². The van der Waals surface area contributed by atoms with Crippen LogP contribution in [0, 0.1) is 0 Å². The van der Waals surface area contributed by atoms with E-state index in [1.165, 1.54) is 0 Å². The highest BCUT2D eigenvalue weighted by molar-refractivity contribution is 6.41. The lowest BCUT2D eigenvalue weighted by Gasteiger charge is -2.30. The van der Waals surface area contributed by atoms with Gasteiger partial charge in [0.1, 0.15) is 0 Å². The van der Waals surface area contributed by atoms with Crippen LogP contribution in [0.25, 0.3) is 21.5 Å². The van der Waals surface area contributed by atoms with Crippen LogP contribution in [0.3, 0.4) is 0 Å². The van der Waals surface area contributed by atoms with Crippen molar-refractivity contribution in [1.82, 2.24) is 9.80 Å². The summed E-state index contributed by atoms with van der Waals surface area (Å²) in [5.74, 6) is -0.526. The number of ketones is 1. The number of hydrogen-bond acceptors (Lipinski definition) is 7. The fourth-order valence-corrected chi connectivity index (χ4v) is 4.70. The number of fused-ring (bicyclic) bond motifs is 2. The minimum atomic E-state index is -0.526. The molecule has 0 saturated carbocycles. The van der Waals surface area contributed by atoms with E-state index < -0.39 is 5.78 Å². The van der Waals surface area contributed by atoms with Crippen LogP contribution in [-0.2, 0) is 4.79 Å². The molecule has 0 aromatic heterocycles. The largest absolute Gasteiger partial charge is 0.392 e. The second-order valence-corrected chi connectivity index (χ2v) is 9.35. The number of benzene rings is 3. The Bertz CT molecular complexity index is 1190. The molecule has 1 saturated heterocycles. The zero-order valence-electron chi connectivity index (χ0n) is 20.2. The molecule has 34 heavy (non-hydrogen) atoms. The van der Waals surface area contributed by atoms with Crippen LogP contribution in [0.5, 0.6) is 0 Å². The van der Waals surface area contributed by atoms with E-state index in [9.17, 15) is 14.7 Å². The molecule has 1 heterocycles. The van der Waals surface area contributed by atoms with Gasteiger partial charge in [0, 0.05) is 47.3 Å². The Hall–Kier alpha value is -3.00. The molecule has 0 amide bonds. The monoisotopic (exact) mass is 462 g/mol. The number of likely N-dealkylation sites (tertiary alicyclic amines) is 1. The van der Waals surface area contributed by atoms with Crippen molar-refractivity contribution in [2.75, 3.05) is 50.9 Å². The van der Waals surface area contributed by atoms with Gasteiger partial charge in [-0.25, -0.2) is 0 Å². The molecule has 3 aromatic carbocycles. The third kappa shape index (κ3) is 5.06. The Morgan fingerprint density at radius 1 is 1.21 bits per heavy atom. The molecule has 0 bridgehead atoms. The van der Waals surface area contributed by atoms with Crippen molar-refractivity contribution >= 4 is 45.0 Å². The first kappa shape index (κ1) is 24.1. The maximum Gasteiger partial charge on any atom is 0.226 e. The van der Waals surface area contributed by atoms with Crippen LogP contribution in [-0.4, -0.2) is 79.5 Å². The highest BCUT2D eigenvalue weighted by Gasteiger charge is 2.21. The van der Waals surface area contributed by atoms with Crippen LogP contribution in [0.1, 0.15) is 30.1 Å². The van der Waals surface area contributed by atoms with E-state index in [4.69, 9.17) is 0 Å². The van der Waals surface area contributed by atoms with E-state index in [1.807, 2.05) is 50.5 Å². The van der Waals surface area contributed by atoms with Gasteiger partial charge in [-0.15, -0.1) is 0 Å². The maximum absolute atomic E-state index is 12.9. The lowest BCUT2D eigenvalue weighted by Crippen LogP contribution is -2.40. The van der Waals surface area contributed by atoms with E-state index in [1.54, 1.807) is 0 Å². The van der Waals surface area contributed by atoms with Gasteiger partial charge in [0.05, 0.1) is 12.3 Å². The number of aliphatic hydroxyl groups excluding tert-OH is 1. The van der Waals surface area contributed by atoms with Crippen LogP contribution in [0.2, 0.25) is 0 Å². The second kappa shape index (κ2) is 10.5. The topological polar surface area (TPSA) is 84.9 Å². The zero-order chi connectivity index (χ0) is 24.2. The summed E-state index contributed by atoms with van der Waals surface area (Å²) in [7, 11) is 4.01. The van der Waals surface area contributed by atoms with E-state index in [0.717, 1.165) is 58.9 Å². The second-order valence-electron chi connectivity index (χ2n) is 9.35. The fourth-order valence-electron chi connectivity index (χ4n) is 4.70. The molecule has 3 N–H and O–H groups in total. The lowest BCUT2D eigenvalue weighted by atomic mass is 9.92. The van der Waals surface area contributed by atoms with Crippen LogP contribution < -0.4 is 10.6 Å². The minimum absolute atomic E-state index is 0.0734. The summed E-state index contributed by atoms with van der Waals surface area (Å²) in [5, 5.41) is 20.3. The number of piperidine rings is 1. The number of nitrogens with zero attached hydrogens (tertiary/aromatic N) is 2. The molecule has 1 fully saturated rings. The molecule has 180 valence electrons. The summed E-state index contributed by atoms with van der Waals surface area (Å²) in [6.45, 7) is 5.20. The number of nitrogens with one attached hydrogen (secondary N) is 2. The number of β-amino-alcohol motifs (C(OH)–C–C–N with tert-alkyl or cyclic N) is 1. The first-order chi connectivity index (χ1) is 16.4. The third-order valence-electron chi connectivity index (χ3n) is 6.74. The highest BCUT2D eigenvalue weighted by Crippen LogP contribution is 2.38. The first-order valence-corrected chi connectivity index (χ1v) is 11.9. The van der Waals surface area contributed by atoms with Gasteiger partial charge in [-0.3, -0.25) is 19.4 Å². The standard InChI is InChI=1S/C27H34N4O3/c1-18(30(2)3)29-23-10-11-24(28-12-14-31-13-6-8-20(33)16-31)26-22(23)15-19-7-4-5-9-21(19)27(26)25(34)17-32/h4-5,7,9-11,15,17-18,20,28-29,33H,6,8,12-14,16H2,1-3H3. The predicted octanol–water partition coefficient (Wildman–Crippen LogP) is 3.56. The number of anilines is 2. The van der Waals surface area contributed by atoms with Gasteiger partial charge in [0.25, 0.3) is 0 Å². The number of carbonyl (C=O) groups excluding carboxylic acids is 2. The van der Waals surface area contributed by atoms with Gasteiger partial charge in [-0.2, -0.15) is 0 Å². The molecule has 7 heteroatoms. The SMILES string of the molecule is CC(Nc1ccc(NCCN2CCCC(O)C2)c2c(C(=O)C=O)c3ccccc3cc12)N(C)C. The molecular formula is C27H34N4O3. The molecule has 0 aliphatic carbocycles. The summed E-state index contributed by atoms with van der Waals surface area (Å²) >= 11 is 0. The number of hydrogen-bond donors (Lipinski definition) is 3. The van der Waals surface area contributed by atoms with Crippen molar-refractivity contribution in [3.8, 4) is 0 Å². The van der Waals surface area contributed by atoms with Gasteiger partial charge in [-0.1, -0.05) is 24.3 Å². The smallest absolute Gasteiger partial charge is 0.226 e. The number of rotatable bonds is 9. The normalized spacial score (nSPS) is 17.7. The van der Waals surface area contributed by atoms with Crippen LogP contribution in [0.4, 0.5) is 11.4 Å². The van der Waals surface area contributed by atoms with Gasteiger partial charge in [-0.05, 0) is 69.4 Å². The predicted molar refractivity (Wildman–Crippen MR) is 139 cm³/mol. The van der Waals surface area contributed by atoms with Gasteiger partial charge in [0.2, 0.25) is 5.78 Å². The molecule has 1 aliphatic heterocycles. The van der Waals surface area contributed by atoms with Crippen molar-refractivity contribution in [2.45, 2.75) is 32.0 Å². The summed E-state index contributed by atoms with van der Waals surface area (Å²) in [6.07, 6.45) is 2.07. The van der Waals surface area contributed by atoms with E-state index in [2.05, 4.69) is 33.4 Å². The maximum atomic E-state index is 12.9. The Balaban J connectivity index is 1.79. The Morgan fingerprint density at radius 3 is 2.71 bits per heavy atom. The average molecular weight is 463 g/mol. The van der Waals surface area contributed by atoms with Gasteiger partial charge >= 0.3 is 0 Å². The third-order valence-corrected chi connectivity index (χ3v) is 6.74. The summed E-state index contributed by atoms with van der Waals surface area (Å²) in [4.78, 5) is 28.9. The number of aliphatic hydroxyl groups is 1. The summed E-state index contributed by atoms with van der Waals surface area (Å²) < 4.78 is 0. The first-order valence-electron chi connectivity index (χ1n) is 11.9. The van der Waals surface area contributed by atoms with E-state index >= 15 is 0 Å². The molecule has 3 aromatic rings. The highest BCUT2D eigenvalue weighted by atomic mass is 16.3. The minimum Gasteiger partial charge on any atom is -0.392 e. The van der Waals surface area contributed by atoms with Crippen molar-refractivity contribution in [3.05, 3.63) is 48.0 Å². The zero-order valence-corrected chi connectivity index (χ0v) is 20.2. The quantitative estimate of drug-likeness (QED) is 0.147. The van der Waals surface area contributed by atoms with Crippen molar-refractivity contribution in [3.63, 3.8) is 0 Å². The number of aldehydes is 1. The Labute approximate surface area is 200 Å². The Kier molecular flexibility index (Phi) is 7.46. The average Bonchev–Trinajstić information content (AvgIpc) is 2.83. The summed E-state index contributed by atoms with van der Waals surface area (Å²) in [6, 6.07) is 13.8. The lowest BCUT2D eigenvalue weighted by molar-refractivity contribution is -0.104. The molecule has 1 aliphatic rings. The molecule has 0 radical (unpaired) electrons. The van der Waals surface area contributed by atoms with E-state index in [0.29, 0.717) is 24.9 Å². The molecule has 4 rings (SSSR count). The van der Waals surface area contributed by atoms with Crippen molar-refractivity contribution < 1.29 is 14.7 Å².